The number of nitrogens with two attached hydrogens (primary N) is 1. The highest BCUT2D eigenvalue weighted by Crippen LogP contribution is 2.01. The molecule has 1 unspecified atom stereocenters. The highest BCUT2D eigenvalue weighted by atomic mass is 16.1. The van der Waals surface area contributed by atoms with Gasteiger partial charge in [0.25, 0.3) is 0 Å². The standard InChI is InChI=1S/C10H19N5O/c1-8(2)9(11)7-10(16)12-3-5-15-6-4-13-14-15/h4,6,8-9H,3,5,7,11H2,1-2H3,(H,12,16). The molecule has 0 bridgehead atoms. The zero-order chi connectivity index (χ0) is 12.0. The fourth-order valence-corrected chi connectivity index (χ4v) is 1.18. The van der Waals surface area contributed by atoms with Crippen molar-refractivity contribution < 1.29 is 4.79 Å². The molecule has 0 spiro atoms. The Kier molecular flexibility index (Phi) is 4.91. The van der Waals surface area contributed by atoms with Crippen LogP contribution in [0.15, 0.2) is 12.4 Å². The summed E-state index contributed by atoms with van der Waals surface area (Å²) in [5, 5.41) is 10.3. The number of amides is 1. The molecule has 0 radical (unpaired) electrons. The quantitative estimate of drug-likeness (QED) is 0.700. The smallest absolute Gasteiger partial charge is 0.221 e. The van der Waals surface area contributed by atoms with E-state index in [1.807, 2.05) is 13.8 Å². The Morgan fingerprint density at radius 1 is 1.56 bits per heavy atom. The van der Waals surface area contributed by atoms with Gasteiger partial charge < -0.3 is 11.1 Å². The summed E-state index contributed by atoms with van der Waals surface area (Å²) >= 11 is 0. The first-order valence-corrected chi connectivity index (χ1v) is 5.46. The van der Waals surface area contributed by atoms with Crippen LogP contribution in [-0.4, -0.2) is 33.5 Å². The highest BCUT2D eigenvalue weighted by Gasteiger charge is 2.12. The number of aromatic nitrogens is 3. The average molecular weight is 225 g/mol. The number of hydrogen-bond donors (Lipinski definition) is 2. The van der Waals surface area contributed by atoms with Crippen molar-refractivity contribution in [2.45, 2.75) is 32.9 Å². The molecule has 1 aromatic heterocycles. The van der Waals surface area contributed by atoms with E-state index >= 15 is 0 Å². The van der Waals surface area contributed by atoms with Crippen LogP contribution in [0.3, 0.4) is 0 Å². The van der Waals surface area contributed by atoms with Crippen molar-refractivity contribution in [3.05, 3.63) is 12.4 Å². The first kappa shape index (κ1) is 12.6. The van der Waals surface area contributed by atoms with Crippen molar-refractivity contribution in [1.82, 2.24) is 20.3 Å². The van der Waals surface area contributed by atoms with Gasteiger partial charge in [-0.3, -0.25) is 9.48 Å². The molecule has 0 aliphatic heterocycles. The van der Waals surface area contributed by atoms with Crippen molar-refractivity contribution in [3.63, 3.8) is 0 Å². The summed E-state index contributed by atoms with van der Waals surface area (Å²) in [6.45, 7) is 5.19. The molecule has 3 N–H and O–H groups in total. The van der Waals surface area contributed by atoms with Crippen LogP contribution in [0.2, 0.25) is 0 Å². The molecule has 0 aromatic carbocycles. The minimum Gasteiger partial charge on any atom is -0.354 e. The van der Waals surface area contributed by atoms with E-state index in [0.29, 0.717) is 25.4 Å². The predicted molar refractivity (Wildman–Crippen MR) is 60.5 cm³/mol. The maximum Gasteiger partial charge on any atom is 0.221 e. The second kappa shape index (κ2) is 6.22. The van der Waals surface area contributed by atoms with Gasteiger partial charge in [0.1, 0.15) is 0 Å². The lowest BCUT2D eigenvalue weighted by atomic mass is 10.0. The molecule has 1 atom stereocenters. The van der Waals surface area contributed by atoms with Crippen LogP contribution in [0.5, 0.6) is 0 Å². The van der Waals surface area contributed by atoms with Gasteiger partial charge in [0.05, 0.1) is 12.7 Å². The Balaban J connectivity index is 2.15. The largest absolute Gasteiger partial charge is 0.354 e. The molecule has 90 valence electrons. The summed E-state index contributed by atoms with van der Waals surface area (Å²) in [6, 6.07) is -0.0774. The molecule has 1 amide bonds. The molecule has 0 fully saturated rings. The van der Waals surface area contributed by atoms with Gasteiger partial charge in [0.15, 0.2) is 0 Å². The minimum atomic E-state index is -0.0774. The number of carbonyl (C=O) groups excluding carboxylic acids is 1. The topological polar surface area (TPSA) is 85.8 Å². The molecule has 0 saturated carbocycles. The molecule has 1 heterocycles. The number of rotatable bonds is 6. The normalized spacial score (nSPS) is 12.8. The second-order valence-electron chi connectivity index (χ2n) is 4.13. The van der Waals surface area contributed by atoms with E-state index in [4.69, 9.17) is 5.73 Å². The third-order valence-electron chi connectivity index (χ3n) is 2.41. The van der Waals surface area contributed by atoms with Crippen LogP contribution >= 0.6 is 0 Å². The van der Waals surface area contributed by atoms with E-state index in [1.54, 1.807) is 17.1 Å². The lowest BCUT2D eigenvalue weighted by Gasteiger charge is -2.14. The summed E-state index contributed by atoms with van der Waals surface area (Å²) in [7, 11) is 0. The van der Waals surface area contributed by atoms with Gasteiger partial charge in [0, 0.05) is 25.2 Å². The van der Waals surface area contributed by atoms with Crippen molar-refractivity contribution in [2.24, 2.45) is 11.7 Å². The molecule has 0 aliphatic rings. The fraction of sp³-hybridized carbons (Fsp3) is 0.700. The molecule has 0 aliphatic carbocycles. The maximum absolute atomic E-state index is 11.4. The van der Waals surface area contributed by atoms with Gasteiger partial charge in [-0.2, -0.15) is 0 Å². The average Bonchev–Trinajstić information content (AvgIpc) is 2.70. The molecule has 1 aromatic rings. The van der Waals surface area contributed by atoms with E-state index in [1.165, 1.54) is 0 Å². The number of nitrogens with one attached hydrogen (secondary N) is 1. The minimum absolute atomic E-state index is 0.0127. The zero-order valence-electron chi connectivity index (χ0n) is 9.76. The number of hydrogen-bond acceptors (Lipinski definition) is 4. The summed E-state index contributed by atoms with van der Waals surface area (Å²) < 4.78 is 1.67. The Bertz CT molecular complexity index is 309. The fourth-order valence-electron chi connectivity index (χ4n) is 1.18. The molecule has 1 rings (SSSR count). The molecular formula is C10H19N5O. The van der Waals surface area contributed by atoms with E-state index in [-0.39, 0.29) is 11.9 Å². The summed E-state index contributed by atoms with van der Waals surface area (Å²) in [6.07, 6.45) is 3.73. The van der Waals surface area contributed by atoms with Gasteiger partial charge in [-0.15, -0.1) is 5.10 Å². The first-order chi connectivity index (χ1) is 7.59. The maximum atomic E-state index is 11.4. The van der Waals surface area contributed by atoms with Gasteiger partial charge in [-0.1, -0.05) is 19.1 Å². The summed E-state index contributed by atoms with van der Waals surface area (Å²) in [4.78, 5) is 11.4. The SMILES string of the molecule is CC(C)C(N)CC(=O)NCCn1ccnn1. The van der Waals surface area contributed by atoms with Crippen LogP contribution < -0.4 is 11.1 Å². The molecule has 6 heteroatoms. The Morgan fingerprint density at radius 3 is 2.88 bits per heavy atom. The van der Waals surface area contributed by atoms with Crippen LogP contribution in [-0.2, 0) is 11.3 Å². The molecule has 6 nitrogen and oxygen atoms in total. The Morgan fingerprint density at radius 2 is 2.31 bits per heavy atom. The number of nitrogens with zero attached hydrogens (tertiary/aromatic N) is 3. The number of carbonyl (C=O) groups is 1. The van der Waals surface area contributed by atoms with Crippen molar-refractivity contribution >= 4 is 5.91 Å². The third-order valence-corrected chi connectivity index (χ3v) is 2.41. The van der Waals surface area contributed by atoms with Crippen molar-refractivity contribution in [2.75, 3.05) is 6.54 Å². The van der Waals surface area contributed by atoms with Crippen LogP contribution in [0.1, 0.15) is 20.3 Å². The van der Waals surface area contributed by atoms with E-state index < -0.39 is 0 Å². The third kappa shape index (κ3) is 4.39. The van der Waals surface area contributed by atoms with Crippen LogP contribution in [0.25, 0.3) is 0 Å². The Labute approximate surface area is 95.2 Å². The van der Waals surface area contributed by atoms with E-state index in [0.717, 1.165) is 0 Å². The van der Waals surface area contributed by atoms with Gasteiger partial charge in [0.2, 0.25) is 5.91 Å². The van der Waals surface area contributed by atoms with Crippen LogP contribution in [0, 0.1) is 5.92 Å². The predicted octanol–water partition coefficient (Wildman–Crippen LogP) is -0.232. The lowest BCUT2D eigenvalue weighted by molar-refractivity contribution is -0.121. The van der Waals surface area contributed by atoms with E-state index in [2.05, 4.69) is 15.6 Å². The lowest BCUT2D eigenvalue weighted by Crippen LogP contribution is -2.36. The second-order valence-corrected chi connectivity index (χ2v) is 4.13. The van der Waals surface area contributed by atoms with Crippen LogP contribution in [0.4, 0.5) is 0 Å². The molecule has 16 heavy (non-hydrogen) atoms. The highest BCUT2D eigenvalue weighted by molar-refractivity contribution is 5.76. The zero-order valence-corrected chi connectivity index (χ0v) is 9.76. The van der Waals surface area contributed by atoms with Crippen molar-refractivity contribution in [3.8, 4) is 0 Å². The molecule has 0 saturated heterocycles. The monoisotopic (exact) mass is 225 g/mol. The molecular weight excluding hydrogens is 206 g/mol. The Hall–Kier alpha value is -1.43. The van der Waals surface area contributed by atoms with Gasteiger partial charge in [-0.25, -0.2) is 0 Å². The van der Waals surface area contributed by atoms with E-state index in [9.17, 15) is 4.79 Å². The van der Waals surface area contributed by atoms with Gasteiger partial charge in [-0.05, 0) is 5.92 Å². The summed E-state index contributed by atoms with van der Waals surface area (Å²) in [5.74, 6) is 0.308. The van der Waals surface area contributed by atoms with Crippen molar-refractivity contribution in [1.29, 1.82) is 0 Å². The van der Waals surface area contributed by atoms with Gasteiger partial charge >= 0.3 is 0 Å². The first-order valence-electron chi connectivity index (χ1n) is 5.46. The summed E-state index contributed by atoms with van der Waals surface area (Å²) in [5.41, 5.74) is 5.80.